The summed E-state index contributed by atoms with van der Waals surface area (Å²) in [5, 5.41) is 6.05. The second-order valence-electron chi connectivity index (χ2n) is 5.47. The lowest BCUT2D eigenvalue weighted by Crippen LogP contribution is -2.43. The van der Waals surface area contributed by atoms with Crippen molar-refractivity contribution in [1.82, 2.24) is 10.6 Å². The summed E-state index contributed by atoms with van der Waals surface area (Å²) in [4.78, 5) is 11.4. The van der Waals surface area contributed by atoms with E-state index in [0.717, 1.165) is 6.42 Å². The molecule has 0 fully saturated rings. The number of amides is 1. The molecule has 0 aliphatic carbocycles. The molecule has 0 aromatic carbocycles. The number of hydrogen-bond acceptors (Lipinski definition) is 4. The largest absolute Gasteiger partial charge is 0.444 e. The molecule has 5 nitrogen and oxygen atoms in total. The molecule has 102 valence electrons. The van der Waals surface area contributed by atoms with Gasteiger partial charge in [0.1, 0.15) is 5.60 Å². The molecule has 5 heteroatoms. The SMILES string of the molecule is CC(C)NC(CN)CCNC(=O)OC(C)(C)C. The van der Waals surface area contributed by atoms with Crippen molar-refractivity contribution in [2.45, 2.75) is 58.7 Å². The van der Waals surface area contributed by atoms with Gasteiger partial charge in [0.05, 0.1) is 0 Å². The Morgan fingerprint density at radius 3 is 2.35 bits per heavy atom. The number of carbonyl (C=O) groups is 1. The Hall–Kier alpha value is -0.810. The minimum Gasteiger partial charge on any atom is -0.444 e. The van der Waals surface area contributed by atoms with E-state index in [2.05, 4.69) is 24.5 Å². The van der Waals surface area contributed by atoms with Crippen molar-refractivity contribution in [3.05, 3.63) is 0 Å². The molecule has 1 amide bonds. The molecule has 0 aromatic heterocycles. The Labute approximate surface area is 104 Å². The normalized spacial score (nSPS) is 13.6. The first-order valence-electron chi connectivity index (χ1n) is 6.17. The monoisotopic (exact) mass is 245 g/mol. The van der Waals surface area contributed by atoms with Gasteiger partial charge in [-0.15, -0.1) is 0 Å². The Morgan fingerprint density at radius 2 is 1.94 bits per heavy atom. The molecule has 0 aliphatic rings. The van der Waals surface area contributed by atoms with Gasteiger partial charge in [-0.25, -0.2) is 4.79 Å². The molecular weight excluding hydrogens is 218 g/mol. The van der Waals surface area contributed by atoms with Crippen LogP contribution < -0.4 is 16.4 Å². The summed E-state index contributed by atoms with van der Waals surface area (Å²) in [6.45, 7) is 10.8. The van der Waals surface area contributed by atoms with Crippen LogP contribution in [0.4, 0.5) is 4.79 Å². The number of alkyl carbamates (subject to hydrolysis) is 1. The lowest BCUT2D eigenvalue weighted by atomic mass is 10.2. The van der Waals surface area contributed by atoms with E-state index < -0.39 is 5.60 Å². The smallest absolute Gasteiger partial charge is 0.407 e. The van der Waals surface area contributed by atoms with Gasteiger partial charge in [0.2, 0.25) is 0 Å². The van der Waals surface area contributed by atoms with Crippen molar-refractivity contribution in [2.24, 2.45) is 5.73 Å². The van der Waals surface area contributed by atoms with Crippen LogP contribution in [0.25, 0.3) is 0 Å². The van der Waals surface area contributed by atoms with E-state index in [-0.39, 0.29) is 12.1 Å². The fourth-order valence-electron chi connectivity index (χ4n) is 1.40. The summed E-state index contributed by atoms with van der Waals surface area (Å²) in [7, 11) is 0. The Morgan fingerprint density at radius 1 is 1.35 bits per heavy atom. The van der Waals surface area contributed by atoms with Crippen LogP contribution in [0.2, 0.25) is 0 Å². The quantitative estimate of drug-likeness (QED) is 0.658. The van der Waals surface area contributed by atoms with E-state index in [1.54, 1.807) is 0 Å². The molecule has 0 aromatic rings. The molecule has 0 heterocycles. The molecule has 0 aliphatic heterocycles. The van der Waals surface area contributed by atoms with E-state index in [9.17, 15) is 4.79 Å². The topological polar surface area (TPSA) is 76.4 Å². The predicted octanol–water partition coefficient (Wildman–Crippen LogP) is 1.23. The average Bonchev–Trinajstić information content (AvgIpc) is 2.12. The first kappa shape index (κ1) is 16.2. The summed E-state index contributed by atoms with van der Waals surface area (Å²) < 4.78 is 5.13. The van der Waals surface area contributed by atoms with E-state index in [1.165, 1.54) is 0 Å². The molecule has 0 bridgehead atoms. The number of nitrogens with one attached hydrogen (secondary N) is 2. The van der Waals surface area contributed by atoms with Gasteiger partial charge in [-0.1, -0.05) is 13.8 Å². The minimum absolute atomic E-state index is 0.227. The van der Waals surface area contributed by atoms with Crippen LogP contribution in [-0.2, 0) is 4.74 Å². The maximum absolute atomic E-state index is 11.4. The predicted molar refractivity (Wildman–Crippen MR) is 70.0 cm³/mol. The van der Waals surface area contributed by atoms with Gasteiger partial charge in [0.15, 0.2) is 0 Å². The van der Waals surface area contributed by atoms with Gasteiger partial charge in [-0.2, -0.15) is 0 Å². The van der Waals surface area contributed by atoms with Crippen molar-refractivity contribution >= 4 is 6.09 Å². The summed E-state index contributed by atoms with van der Waals surface area (Å²) in [6.07, 6.45) is 0.423. The first-order chi connectivity index (χ1) is 7.74. The number of carbonyl (C=O) groups excluding carboxylic acids is 1. The first-order valence-corrected chi connectivity index (χ1v) is 6.17. The molecule has 1 atom stereocenters. The highest BCUT2D eigenvalue weighted by Gasteiger charge is 2.16. The second-order valence-corrected chi connectivity index (χ2v) is 5.47. The van der Waals surface area contributed by atoms with Crippen LogP contribution >= 0.6 is 0 Å². The van der Waals surface area contributed by atoms with Crippen molar-refractivity contribution in [2.75, 3.05) is 13.1 Å². The maximum Gasteiger partial charge on any atom is 0.407 e. The zero-order chi connectivity index (χ0) is 13.5. The highest BCUT2D eigenvalue weighted by atomic mass is 16.6. The molecular formula is C12H27N3O2. The fraction of sp³-hybridized carbons (Fsp3) is 0.917. The lowest BCUT2D eigenvalue weighted by Gasteiger charge is -2.22. The Kier molecular flexibility index (Phi) is 7.15. The standard InChI is InChI=1S/C12H27N3O2/c1-9(2)15-10(8-13)6-7-14-11(16)17-12(3,4)5/h9-10,15H,6-8,13H2,1-5H3,(H,14,16). The second kappa shape index (κ2) is 7.50. The molecule has 0 saturated heterocycles. The number of rotatable bonds is 6. The van der Waals surface area contributed by atoms with Gasteiger partial charge < -0.3 is 21.1 Å². The van der Waals surface area contributed by atoms with Crippen molar-refractivity contribution in [3.63, 3.8) is 0 Å². The van der Waals surface area contributed by atoms with Gasteiger partial charge in [0, 0.05) is 25.2 Å². The number of hydrogen-bond donors (Lipinski definition) is 3. The minimum atomic E-state index is -0.451. The Bertz CT molecular complexity index is 224. The van der Waals surface area contributed by atoms with Crippen LogP contribution in [-0.4, -0.2) is 36.9 Å². The summed E-state index contributed by atoms with van der Waals surface area (Å²) in [5.41, 5.74) is 5.18. The lowest BCUT2D eigenvalue weighted by molar-refractivity contribution is 0.0526. The molecule has 0 saturated carbocycles. The third-order valence-corrected chi connectivity index (χ3v) is 2.01. The highest BCUT2D eigenvalue weighted by Crippen LogP contribution is 2.06. The van der Waals surface area contributed by atoms with E-state index in [4.69, 9.17) is 10.5 Å². The van der Waals surface area contributed by atoms with Gasteiger partial charge in [-0.3, -0.25) is 0 Å². The van der Waals surface area contributed by atoms with Crippen LogP contribution in [0, 0.1) is 0 Å². The van der Waals surface area contributed by atoms with Crippen molar-refractivity contribution in [1.29, 1.82) is 0 Å². The number of ether oxygens (including phenoxy) is 1. The molecule has 0 rings (SSSR count). The highest BCUT2D eigenvalue weighted by molar-refractivity contribution is 5.67. The van der Waals surface area contributed by atoms with Crippen LogP contribution in [0.15, 0.2) is 0 Å². The van der Waals surface area contributed by atoms with Gasteiger partial charge in [0.25, 0.3) is 0 Å². The molecule has 0 radical (unpaired) electrons. The van der Waals surface area contributed by atoms with E-state index in [1.807, 2.05) is 20.8 Å². The van der Waals surface area contributed by atoms with Gasteiger partial charge in [-0.05, 0) is 27.2 Å². The third kappa shape index (κ3) is 10.1. The molecule has 1 unspecified atom stereocenters. The van der Waals surface area contributed by atoms with Crippen LogP contribution in [0.3, 0.4) is 0 Å². The zero-order valence-electron chi connectivity index (χ0n) is 11.7. The van der Waals surface area contributed by atoms with Crippen LogP contribution in [0.5, 0.6) is 0 Å². The Balaban J connectivity index is 3.78. The zero-order valence-corrected chi connectivity index (χ0v) is 11.7. The van der Waals surface area contributed by atoms with E-state index >= 15 is 0 Å². The summed E-state index contributed by atoms with van der Waals surface area (Å²) >= 11 is 0. The molecule has 4 N–H and O–H groups in total. The van der Waals surface area contributed by atoms with E-state index in [0.29, 0.717) is 19.1 Å². The van der Waals surface area contributed by atoms with Gasteiger partial charge >= 0.3 is 6.09 Å². The number of nitrogens with two attached hydrogens (primary N) is 1. The van der Waals surface area contributed by atoms with Crippen molar-refractivity contribution in [3.8, 4) is 0 Å². The molecule has 17 heavy (non-hydrogen) atoms. The molecule has 0 spiro atoms. The van der Waals surface area contributed by atoms with Crippen molar-refractivity contribution < 1.29 is 9.53 Å². The fourth-order valence-corrected chi connectivity index (χ4v) is 1.40. The van der Waals surface area contributed by atoms with Crippen LogP contribution in [0.1, 0.15) is 41.0 Å². The average molecular weight is 245 g/mol. The maximum atomic E-state index is 11.4. The summed E-state index contributed by atoms with van der Waals surface area (Å²) in [6, 6.07) is 0.620. The third-order valence-electron chi connectivity index (χ3n) is 2.01. The summed E-state index contributed by atoms with van der Waals surface area (Å²) in [5.74, 6) is 0.